The van der Waals surface area contributed by atoms with E-state index in [0.717, 1.165) is 13.0 Å². The summed E-state index contributed by atoms with van der Waals surface area (Å²) in [5.74, 6) is 0. The van der Waals surface area contributed by atoms with Crippen LogP contribution < -0.4 is 5.73 Å². The van der Waals surface area contributed by atoms with E-state index in [1.165, 1.54) is 36.0 Å². The van der Waals surface area contributed by atoms with Gasteiger partial charge in [-0.05, 0) is 49.3 Å². The van der Waals surface area contributed by atoms with Crippen LogP contribution in [-0.2, 0) is 24.0 Å². The highest BCUT2D eigenvalue weighted by atomic mass is 16.5. The summed E-state index contributed by atoms with van der Waals surface area (Å²) in [7, 11) is 0. The molecule has 2 nitrogen and oxygen atoms in total. The lowest BCUT2D eigenvalue weighted by molar-refractivity contribution is 0.133. The van der Waals surface area contributed by atoms with Crippen molar-refractivity contribution in [1.29, 1.82) is 0 Å². The first-order valence-electron chi connectivity index (χ1n) is 6.23. The van der Waals surface area contributed by atoms with Gasteiger partial charge in [0.25, 0.3) is 0 Å². The molecule has 2 N–H and O–H groups in total. The van der Waals surface area contributed by atoms with Crippen LogP contribution in [0.15, 0.2) is 18.2 Å². The van der Waals surface area contributed by atoms with Crippen LogP contribution in [0.5, 0.6) is 0 Å². The number of ether oxygens (including phenoxy) is 1. The molecule has 1 aliphatic carbocycles. The third kappa shape index (κ3) is 2.83. The zero-order valence-electron chi connectivity index (χ0n) is 10.0. The standard InChI is InChI=1S/C14H21NO/c1-2-16-10-14(15)9-11-6-7-12-4-3-5-13(12)8-11/h6-8,14H,2-5,9-10,15H2,1H3. The summed E-state index contributed by atoms with van der Waals surface area (Å²) < 4.78 is 5.34. The summed E-state index contributed by atoms with van der Waals surface area (Å²) in [4.78, 5) is 0. The summed E-state index contributed by atoms with van der Waals surface area (Å²) in [6, 6.07) is 6.94. The minimum Gasteiger partial charge on any atom is -0.380 e. The monoisotopic (exact) mass is 219 g/mol. The summed E-state index contributed by atoms with van der Waals surface area (Å²) in [5.41, 5.74) is 10.4. The van der Waals surface area contributed by atoms with Crippen molar-refractivity contribution in [2.45, 2.75) is 38.6 Å². The highest BCUT2D eigenvalue weighted by molar-refractivity contribution is 5.35. The largest absolute Gasteiger partial charge is 0.380 e. The van der Waals surface area contributed by atoms with Crippen LogP contribution in [0.2, 0.25) is 0 Å². The molecule has 0 amide bonds. The van der Waals surface area contributed by atoms with Crippen molar-refractivity contribution < 1.29 is 4.74 Å². The topological polar surface area (TPSA) is 35.2 Å². The van der Waals surface area contributed by atoms with Crippen molar-refractivity contribution >= 4 is 0 Å². The molecule has 1 aliphatic rings. The molecule has 0 saturated heterocycles. The van der Waals surface area contributed by atoms with Gasteiger partial charge >= 0.3 is 0 Å². The lowest BCUT2D eigenvalue weighted by atomic mass is 10.0. The van der Waals surface area contributed by atoms with Gasteiger partial charge < -0.3 is 10.5 Å². The van der Waals surface area contributed by atoms with Crippen LogP contribution in [0.4, 0.5) is 0 Å². The van der Waals surface area contributed by atoms with E-state index in [1.807, 2.05) is 6.92 Å². The quantitative estimate of drug-likeness (QED) is 0.823. The Hall–Kier alpha value is -0.860. The van der Waals surface area contributed by atoms with Gasteiger partial charge in [0.2, 0.25) is 0 Å². The fourth-order valence-corrected chi connectivity index (χ4v) is 2.38. The Morgan fingerprint density at radius 1 is 1.31 bits per heavy atom. The average molecular weight is 219 g/mol. The first kappa shape index (κ1) is 11.6. The van der Waals surface area contributed by atoms with Gasteiger partial charge in [-0.15, -0.1) is 0 Å². The van der Waals surface area contributed by atoms with Gasteiger partial charge in [-0.2, -0.15) is 0 Å². The van der Waals surface area contributed by atoms with Crippen molar-refractivity contribution in [3.8, 4) is 0 Å². The molecule has 0 bridgehead atoms. The Morgan fingerprint density at radius 2 is 2.12 bits per heavy atom. The fourth-order valence-electron chi connectivity index (χ4n) is 2.38. The van der Waals surface area contributed by atoms with E-state index in [4.69, 9.17) is 10.5 Å². The Bertz CT molecular complexity index is 349. The number of aryl methyl sites for hydroxylation is 2. The molecule has 0 saturated carbocycles. The van der Waals surface area contributed by atoms with E-state index in [9.17, 15) is 0 Å². The van der Waals surface area contributed by atoms with Crippen LogP contribution in [-0.4, -0.2) is 19.3 Å². The maximum atomic E-state index is 6.01. The molecular formula is C14H21NO. The molecule has 16 heavy (non-hydrogen) atoms. The van der Waals surface area contributed by atoms with Crippen molar-refractivity contribution in [2.24, 2.45) is 5.73 Å². The van der Waals surface area contributed by atoms with Gasteiger partial charge in [-0.25, -0.2) is 0 Å². The SMILES string of the molecule is CCOCC(N)Cc1ccc2c(c1)CCC2. The minimum absolute atomic E-state index is 0.124. The number of hydrogen-bond acceptors (Lipinski definition) is 2. The second-order valence-electron chi connectivity index (χ2n) is 4.58. The predicted octanol–water partition coefficient (Wildman–Crippen LogP) is 2.08. The zero-order chi connectivity index (χ0) is 11.4. The Balaban J connectivity index is 1.94. The van der Waals surface area contributed by atoms with E-state index >= 15 is 0 Å². The Morgan fingerprint density at radius 3 is 2.94 bits per heavy atom. The normalized spacial score (nSPS) is 16.1. The van der Waals surface area contributed by atoms with Crippen molar-refractivity contribution in [1.82, 2.24) is 0 Å². The molecule has 0 fully saturated rings. The van der Waals surface area contributed by atoms with Crippen LogP contribution >= 0.6 is 0 Å². The molecule has 88 valence electrons. The Labute approximate surface area is 97.8 Å². The number of fused-ring (bicyclic) bond motifs is 1. The molecule has 2 heteroatoms. The smallest absolute Gasteiger partial charge is 0.0620 e. The van der Waals surface area contributed by atoms with Crippen molar-refractivity contribution in [2.75, 3.05) is 13.2 Å². The van der Waals surface area contributed by atoms with Gasteiger partial charge in [0.15, 0.2) is 0 Å². The Kier molecular flexibility index (Phi) is 3.97. The maximum Gasteiger partial charge on any atom is 0.0620 e. The van der Waals surface area contributed by atoms with Gasteiger partial charge in [-0.1, -0.05) is 18.2 Å². The van der Waals surface area contributed by atoms with Crippen LogP contribution in [0.25, 0.3) is 0 Å². The zero-order valence-corrected chi connectivity index (χ0v) is 10.0. The lowest BCUT2D eigenvalue weighted by Crippen LogP contribution is -2.28. The predicted molar refractivity (Wildman–Crippen MR) is 66.6 cm³/mol. The molecule has 0 radical (unpaired) electrons. The maximum absolute atomic E-state index is 6.01. The molecule has 0 aliphatic heterocycles. The second kappa shape index (κ2) is 5.46. The molecule has 1 aromatic carbocycles. The molecule has 1 aromatic rings. The molecule has 0 heterocycles. The molecule has 0 aromatic heterocycles. The molecule has 0 spiro atoms. The first-order chi connectivity index (χ1) is 7.79. The summed E-state index contributed by atoms with van der Waals surface area (Å²) >= 11 is 0. The van der Waals surface area contributed by atoms with Crippen LogP contribution in [0.3, 0.4) is 0 Å². The third-order valence-corrected chi connectivity index (χ3v) is 3.20. The molecule has 2 rings (SSSR count). The summed E-state index contributed by atoms with van der Waals surface area (Å²) in [6.07, 6.45) is 4.72. The first-order valence-corrected chi connectivity index (χ1v) is 6.23. The lowest BCUT2D eigenvalue weighted by Gasteiger charge is -2.12. The highest BCUT2D eigenvalue weighted by Crippen LogP contribution is 2.23. The van der Waals surface area contributed by atoms with Crippen LogP contribution in [0.1, 0.15) is 30.0 Å². The van der Waals surface area contributed by atoms with Gasteiger partial charge in [0.1, 0.15) is 0 Å². The summed E-state index contributed by atoms with van der Waals surface area (Å²) in [5, 5.41) is 0. The van der Waals surface area contributed by atoms with E-state index in [2.05, 4.69) is 18.2 Å². The van der Waals surface area contributed by atoms with Crippen molar-refractivity contribution in [3.63, 3.8) is 0 Å². The molecular weight excluding hydrogens is 198 g/mol. The summed E-state index contributed by atoms with van der Waals surface area (Å²) in [6.45, 7) is 3.41. The van der Waals surface area contributed by atoms with E-state index < -0.39 is 0 Å². The fraction of sp³-hybridized carbons (Fsp3) is 0.571. The van der Waals surface area contributed by atoms with Crippen LogP contribution in [0, 0.1) is 0 Å². The van der Waals surface area contributed by atoms with Gasteiger partial charge in [-0.3, -0.25) is 0 Å². The number of rotatable bonds is 5. The number of hydrogen-bond donors (Lipinski definition) is 1. The minimum atomic E-state index is 0.124. The molecule has 1 unspecified atom stereocenters. The second-order valence-corrected chi connectivity index (χ2v) is 4.58. The van der Waals surface area contributed by atoms with Crippen molar-refractivity contribution in [3.05, 3.63) is 34.9 Å². The number of nitrogens with two attached hydrogens (primary N) is 1. The third-order valence-electron chi connectivity index (χ3n) is 3.20. The van der Waals surface area contributed by atoms with E-state index in [-0.39, 0.29) is 6.04 Å². The highest BCUT2D eigenvalue weighted by Gasteiger charge is 2.12. The number of benzene rings is 1. The average Bonchev–Trinajstić information content (AvgIpc) is 2.73. The van der Waals surface area contributed by atoms with E-state index in [1.54, 1.807) is 0 Å². The molecule has 1 atom stereocenters. The van der Waals surface area contributed by atoms with E-state index in [0.29, 0.717) is 6.61 Å². The van der Waals surface area contributed by atoms with Gasteiger partial charge in [0.05, 0.1) is 6.61 Å². The van der Waals surface area contributed by atoms with Gasteiger partial charge in [0, 0.05) is 12.6 Å².